The molecule has 0 aromatic heterocycles. The zero-order valence-corrected chi connectivity index (χ0v) is 11.3. The van der Waals surface area contributed by atoms with E-state index in [0.29, 0.717) is 23.3 Å². The van der Waals surface area contributed by atoms with E-state index in [2.05, 4.69) is 57.4 Å². The highest BCUT2D eigenvalue weighted by molar-refractivity contribution is 5.28. The number of benzene rings is 1. The Hall–Kier alpha value is -0.860. The van der Waals surface area contributed by atoms with Crippen LogP contribution in [0.3, 0.4) is 0 Å². The molecular formula is C15H24N2. The van der Waals surface area contributed by atoms with E-state index in [1.165, 1.54) is 17.5 Å². The van der Waals surface area contributed by atoms with Crippen molar-refractivity contribution in [1.82, 2.24) is 5.43 Å². The number of hydrogen-bond donors (Lipinski definition) is 2. The molecule has 17 heavy (non-hydrogen) atoms. The Balaban J connectivity index is 2.15. The van der Waals surface area contributed by atoms with Crippen LogP contribution in [0.25, 0.3) is 0 Å². The van der Waals surface area contributed by atoms with Crippen molar-refractivity contribution in [3.63, 3.8) is 0 Å². The second-order valence-corrected chi connectivity index (χ2v) is 6.26. The molecule has 0 saturated heterocycles. The van der Waals surface area contributed by atoms with Crippen molar-refractivity contribution >= 4 is 0 Å². The smallest absolute Gasteiger partial charge is 0.0493 e. The van der Waals surface area contributed by atoms with Gasteiger partial charge >= 0.3 is 0 Å². The maximum absolute atomic E-state index is 5.71. The Kier molecular flexibility index (Phi) is 3.28. The predicted octanol–water partition coefficient (Wildman–Crippen LogP) is 3.36. The molecule has 1 aromatic rings. The van der Waals surface area contributed by atoms with E-state index in [1.807, 2.05) is 0 Å². The van der Waals surface area contributed by atoms with Crippen molar-refractivity contribution in [3.05, 3.63) is 35.4 Å². The first-order valence-corrected chi connectivity index (χ1v) is 6.51. The molecule has 0 aliphatic heterocycles. The van der Waals surface area contributed by atoms with E-state index in [4.69, 9.17) is 5.84 Å². The van der Waals surface area contributed by atoms with Crippen LogP contribution in [0, 0.1) is 11.3 Å². The average molecular weight is 232 g/mol. The molecule has 2 nitrogen and oxygen atoms in total. The number of hydrazine groups is 1. The van der Waals surface area contributed by atoms with Crippen LogP contribution in [0.4, 0.5) is 0 Å². The van der Waals surface area contributed by atoms with Gasteiger partial charge in [-0.15, -0.1) is 0 Å². The maximum atomic E-state index is 5.71. The summed E-state index contributed by atoms with van der Waals surface area (Å²) in [5, 5.41) is 0. The highest BCUT2D eigenvalue weighted by atomic mass is 15.2. The van der Waals surface area contributed by atoms with E-state index in [1.54, 1.807) is 0 Å². The lowest BCUT2D eigenvalue weighted by molar-refractivity contribution is 0.423. The molecule has 0 amide bonds. The number of rotatable bonds is 4. The molecule has 94 valence electrons. The minimum absolute atomic E-state index is 0.297. The first kappa shape index (κ1) is 12.6. The second-order valence-electron chi connectivity index (χ2n) is 6.26. The Morgan fingerprint density at radius 1 is 1.18 bits per heavy atom. The highest BCUT2D eigenvalue weighted by Gasteiger charge is 2.50. The van der Waals surface area contributed by atoms with Crippen LogP contribution in [0.15, 0.2) is 24.3 Å². The summed E-state index contributed by atoms with van der Waals surface area (Å²) in [5.41, 5.74) is 6.12. The minimum Gasteiger partial charge on any atom is -0.271 e. The summed E-state index contributed by atoms with van der Waals surface area (Å²) in [7, 11) is 0. The number of nitrogens with one attached hydrogen (secondary N) is 1. The van der Waals surface area contributed by atoms with Gasteiger partial charge in [-0.2, -0.15) is 0 Å². The first-order chi connectivity index (χ1) is 7.95. The summed E-state index contributed by atoms with van der Waals surface area (Å²) in [6, 6.07) is 9.17. The SMILES string of the molecule is CC(C)c1ccc(C(NN)C2CC2(C)C)cc1. The fourth-order valence-corrected chi connectivity index (χ4v) is 2.61. The van der Waals surface area contributed by atoms with Crippen molar-refractivity contribution in [3.8, 4) is 0 Å². The number of hydrogen-bond acceptors (Lipinski definition) is 2. The molecule has 1 saturated carbocycles. The molecule has 2 atom stereocenters. The molecule has 2 heteroatoms. The fourth-order valence-electron chi connectivity index (χ4n) is 2.61. The maximum Gasteiger partial charge on any atom is 0.0493 e. The van der Waals surface area contributed by atoms with Crippen molar-refractivity contribution in [1.29, 1.82) is 0 Å². The van der Waals surface area contributed by atoms with Crippen molar-refractivity contribution in [2.24, 2.45) is 17.2 Å². The van der Waals surface area contributed by atoms with Gasteiger partial charge in [-0.25, -0.2) is 0 Å². The van der Waals surface area contributed by atoms with Crippen LogP contribution in [0.1, 0.15) is 57.2 Å². The molecule has 0 radical (unpaired) electrons. The van der Waals surface area contributed by atoms with E-state index >= 15 is 0 Å². The highest BCUT2D eigenvalue weighted by Crippen LogP contribution is 2.57. The third kappa shape index (κ3) is 2.53. The quantitative estimate of drug-likeness (QED) is 0.617. The predicted molar refractivity (Wildman–Crippen MR) is 72.5 cm³/mol. The largest absolute Gasteiger partial charge is 0.271 e. The van der Waals surface area contributed by atoms with Gasteiger partial charge in [-0.3, -0.25) is 11.3 Å². The topological polar surface area (TPSA) is 38.0 Å². The zero-order valence-electron chi connectivity index (χ0n) is 11.3. The average Bonchev–Trinajstić information content (AvgIpc) is 2.89. The Labute approximate surface area is 105 Å². The van der Waals surface area contributed by atoms with Gasteiger partial charge in [0.15, 0.2) is 0 Å². The minimum atomic E-state index is 0.297. The monoisotopic (exact) mass is 232 g/mol. The van der Waals surface area contributed by atoms with Crippen molar-refractivity contribution in [2.45, 2.75) is 46.1 Å². The molecule has 2 rings (SSSR count). The van der Waals surface area contributed by atoms with Gasteiger partial charge in [0.2, 0.25) is 0 Å². The summed E-state index contributed by atoms with van der Waals surface area (Å²) in [5.74, 6) is 6.97. The normalized spacial score (nSPS) is 23.8. The van der Waals surface area contributed by atoms with Crippen molar-refractivity contribution < 1.29 is 0 Å². The molecule has 0 spiro atoms. The molecule has 0 bridgehead atoms. The third-order valence-electron chi connectivity index (χ3n) is 4.13. The van der Waals surface area contributed by atoms with E-state index in [9.17, 15) is 0 Å². The summed E-state index contributed by atoms with van der Waals surface area (Å²) in [6.45, 7) is 9.06. The summed E-state index contributed by atoms with van der Waals surface area (Å²) < 4.78 is 0. The standard InChI is InChI=1S/C15H24N2/c1-10(2)11-5-7-12(8-6-11)14(17-16)13-9-15(13,3)4/h5-8,10,13-14,17H,9,16H2,1-4H3. The third-order valence-corrected chi connectivity index (χ3v) is 4.13. The van der Waals surface area contributed by atoms with E-state index < -0.39 is 0 Å². The fraction of sp³-hybridized carbons (Fsp3) is 0.600. The zero-order chi connectivity index (χ0) is 12.6. The van der Waals surface area contributed by atoms with E-state index in [-0.39, 0.29) is 0 Å². The lowest BCUT2D eigenvalue weighted by atomic mass is 9.95. The lowest BCUT2D eigenvalue weighted by Gasteiger charge is -2.19. The van der Waals surface area contributed by atoms with Crippen LogP contribution in [0.5, 0.6) is 0 Å². The lowest BCUT2D eigenvalue weighted by Crippen LogP contribution is -2.30. The molecule has 1 fully saturated rings. The van der Waals surface area contributed by atoms with Gasteiger partial charge in [0, 0.05) is 6.04 Å². The molecule has 1 aromatic carbocycles. The summed E-state index contributed by atoms with van der Waals surface area (Å²) in [6.07, 6.45) is 1.26. The molecular weight excluding hydrogens is 208 g/mol. The number of nitrogens with two attached hydrogens (primary N) is 1. The van der Waals surface area contributed by atoms with Crippen LogP contribution >= 0.6 is 0 Å². The van der Waals surface area contributed by atoms with Crippen LogP contribution in [0.2, 0.25) is 0 Å². The molecule has 2 unspecified atom stereocenters. The van der Waals surface area contributed by atoms with Gasteiger partial charge in [-0.1, -0.05) is 52.0 Å². The van der Waals surface area contributed by atoms with Gasteiger partial charge in [0.25, 0.3) is 0 Å². The Morgan fingerprint density at radius 3 is 2.00 bits per heavy atom. The molecule has 1 aliphatic carbocycles. The molecule has 3 N–H and O–H groups in total. The van der Waals surface area contributed by atoms with Gasteiger partial charge in [-0.05, 0) is 34.8 Å². The molecule has 1 aliphatic rings. The van der Waals surface area contributed by atoms with Crippen molar-refractivity contribution in [2.75, 3.05) is 0 Å². The van der Waals surface area contributed by atoms with Crippen LogP contribution < -0.4 is 11.3 Å². The Bertz CT molecular complexity index is 378. The van der Waals surface area contributed by atoms with Gasteiger partial charge in [0.05, 0.1) is 0 Å². The van der Waals surface area contributed by atoms with Crippen LogP contribution in [-0.2, 0) is 0 Å². The molecule has 0 heterocycles. The Morgan fingerprint density at radius 2 is 1.65 bits per heavy atom. The summed E-state index contributed by atoms with van der Waals surface area (Å²) in [4.78, 5) is 0. The first-order valence-electron chi connectivity index (χ1n) is 6.51. The van der Waals surface area contributed by atoms with E-state index in [0.717, 1.165) is 0 Å². The second kappa shape index (κ2) is 4.43. The van der Waals surface area contributed by atoms with Gasteiger partial charge < -0.3 is 0 Å². The summed E-state index contributed by atoms with van der Waals surface area (Å²) >= 11 is 0. The van der Waals surface area contributed by atoms with Crippen LogP contribution in [-0.4, -0.2) is 0 Å². The van der Waals surface area contributed by atoms with Gasteiger partial charge in [0.1, 0.15) is 0 Å².